The van der Waals surface area contributed by atoms with Crippen molar-refractivity contribution in [3.63, 3.8) is 0 Å². The van der Waals surface area contributed by atoms with Gasteiger partial charge in [-0.25, -0.2) is 0 Å². The molecule has 0 radical (unpaired) electrons. The number of hydrogen-bond acceptors (Lipinski definition) is 4. The third-order valence-electron chi connectivity index (χ3n) is 2.00. The Labute approximate surface area is 118 Å². The molecule has 100 valence electrons. The Morgan fingerprint density at radius 3 is 2.89 bits per heavy atom. The van der Waals surface area contributed by atoms with Crippen LogP contribution in [0.3, 0.4) is 0 Å². The molecule has 1 aromatic rings. The lowest BCUT2D eigenvalue weighted by atomic mass is 10.3. The van der Waals surface area contributed by atoms with E-state index in [1.54, 1.807) is 18.2 Å². The van der Waals surface area contributed by atoms with Gasteiger partial charge in [-0.3, -0.25) is 4.79 Å². The largest absolute Gasteiger partial charge is 0.483 e. The molecule has 0 bridgehead atoms. The molecule has 1 rings (SSSR count). The third-order valence-corrected chi connectivity index (χ3v) is 2.85. The molecule has 3 N–H and O–H groups in total. The van der Waals surface area contributed by atoms with Gasteiger partial charge in [-0.1, -0.05) is 11.6 Å². The van der Waals surface area contributed by atoms with Gasteiger partial charge in [0.25, 0.3) is 5.91 Å². The predicted octanol–water partition coefficient (Wildman–Crippen LogP) is 0.951. The van der Waals surface area contributed by atoms with E-state index in [0.29, 0.717) is 15.2 Å². The highest BCUT2D eigenvalue weighted by Gasteiger charge is 2.08. The molecule has 0 spiro atoms. The molecule has 0 aromatic heterocycles. The van der Waals surface area contributed by atoms with Gasteiger partial charge in [-0.15, -0.1) is 0 Å². The van der Waals surface area contributed by atoms with Gasteiger partial charge < -0.3 is 20.3 Å². The van der Waals surface area contributed by atoms with E-state index >= 15 is 0 Å². The minimum Gasteiger partial charge on any atom is -0.483 e. The summed E-state index contributed by atoms with van der Waals surface area (Å²) in [4.78, 5) is 11.3. The Morgan fingerprint density at radius 2 is 2.28 bits per heavy atom. The van der Waals surface area contributed by atoms with Crippen LogP contribution in [0, 0.1) is 0 Å². The predicted molar refractivity (Wildman–Crippen MR) is 70.7 cm³/mol. The molecule has 0 aliphatic heterocycles. The molecule has 1 atom stereocenters. The van der Waals surface area contributed by atoms with Crippen LogP contribution in [-0.2, 0) is 4.79 Å². The van der Waals surface area contributed by atoms with Gasteiger partial charge in [0.15, 0.2) is 6.61 Å². The first-order valence-electron chi connectivity index (χ1n) is 5.16. The van der Waals surface area contributed by atoms with Crippen LogP contribution in [-0.4, -0.2) is 42.0 Å². The number of amides is 1. The number of aliphatic hydroxyl groups is 2. The van der Waals surface area contributed by atoms with E-state index in [1.165, 1.54) is 0 Å². The Morgan fingerprint density at radius 1 is 1.56 bits per heavy atom. The topological polar surface area (TPSA) is 78.8 Å². The fraction of sp³-hybridized carbons (Fsp3) is 0.364. The first-order chi connectivity index (χ1) is 8.52. The van der Waals surface area contributed by atoms with Crippen molar-refractivity contribution in [3.8, 4) is 5.75 Å². The van der Waals surface area contributed by atoms with Crippen molar-refractivity contribution in [2.24, 2.45) is 0 Å². The van der Waals surface area contributed by atoms with Crippen LogP contribution in [0.4, 0.5) is 0 Å². The van der Waals surface area contributed by atoms with Gasteiger partial charge >= 0.3 is 0 Å². The molecule has 5 nitrogen and oxygen atoms in total. The van der Waals surface area contributed by atoms with Gasteiger partial charge in [0.05, 0.1) is 17.2 Å². The molecule has 0 heterocycles. The van der Waals surface area contributed by atoms with Crippen LogP contribution in [0.2, 0.25) is 5.02 Å². The highest BCUT2D eigenvalue weighted by Crippen LogP contribution is 2.27. The third kappa shape index (κ3) is 5.22. The second kappa shape index (κ2) is 7.58. The first kappa shape index (κ1) is 15.2. The molecule has 1 unspecified atom stereocenters. The number of rotatable bonds is 6. The number of hydrogen-bond donors (Lipinski definition) is 3. The number of ether oxygens (including phenoxy) is 1. The van der Waals surface area contributed by atoms with Crippen molar-refractivity contribution in [2.45, 2.75) is 6.10 Å². The van der Waals surface area contributed by atoms with E-state index in [1.807, 2.05) is 0 Å². The molecular formula is C11H13BrClNO4. The fourth-order valence-corrected chi connectivity index (χ4v) is 1.88. The second-order valence-corrected chi connectivity index (χ2v) is 4.79. The Balaban J connectivity index is 2.38. The standard InChI is InChI=1S/C11H13BrClNO4/c12-9-3-7(13)1-2-10(9)18-6-11(17)14-4-8(16)5-15/h1-3,8,15-16H,4-6H2,(H,14,17). The summed E-state index contributed by atoms with van der Waals surface area (Å²) in [6, 6.07) is 4.95. The molecule has 0 aliphatic rings. The molecule has 0 saturated heterocycles. The Kier molecular flexibility index (Phi) is 6.42. The number of carbonyl (C=O) groups excluding carboxylic acids is 1. The highest BCUT2D eigenvalue weighted by molar-refractivity contribution is 9.10. The van der Waals surface area contributed by atoms with Crippen molar-refractivity contribution < 1.29 is 19.7 Å². The monoisotopic (exact) mass is 337 g/mol. The van der Waals surface area contributed by atoms with Gasteiger partial charge in [-0.2, -0.15) is 0 Å². The van der Waals surface area contributed by atoms with Crippen LogP contribution >= 0.6 is 27.5 Å². The lowest BCUT2D eigenvalue weighted by Crippen LogP contribution is -2.36. The summed E-state index contributed by atoms with van der Waals surface area (Å²) in [7, 11) is 0. The van der Waals surface area contributed by atoms with Gasteiger partial charge in [-0.05, 0) is 34.1 Å². The van der Waals surface area contributed by atoms with Crippen molar-refractivity contribution >= 4 is 33.4 Å². The minimum atomic E-state index is -0.962. The Hall–Kier alpha value is -0.820. The number of halogens is 2. The minimum absolute atomic E-state index is 0.0134. The van der Waals surface area contributed by atoms with Crippen LogP contribution in [0.1, 0.15) is 0 Å². The van der Waals surface area contributed by atoms with Crippen molar-refractivity contribution in [1.82, 2.24) is 5.32 Å². The molecule has 0 aliphatic carbocycles. The summed E-state index contributed by atoms with van der Waals surface area (Å²) in [6.07, 6.45) is -0.962. The van der Waals surface area contributed by atoms with Gasteiger partial charge in [0, 0.05) is 11.6 Å². The average molecular weight is 339 g/mol. The van der Waals surface area contributed by atoms with E-state index in [4.69, 9.17) is 26.6 Å². The normalized spacial score (nSPS) is 12.0. The average Bonchev–Trinajstić information content (AvgIpc) is 2.34. The molecule has 7 heteroatoms. The zero-order valence-corrected chi connectivity index (χ0v) is 11.7. The summed E-state index contributed by atoms with van der Waals surface area (Å²) < 4.78 is 5.91. The molecular weight excluding hydrogens is 325 g/mol. The van der Waals surface area contributed by atoms with Gasteiger partial charge in [0.2, 0.25) is 0 Å². The lowest BCUT2D eigenvalue weighted by Gasteiger charge is -2.10. The summed E-state index contributed by atoms with van der Waals surface area (Å²) >= 11 is 9.02. The number of carbonyl (C=O) groups is 1. The zero-order chi connectivity index (χ0) is 13.5. The van der Waals surface area contributed by atoms with E-state index in [0.717, 1.165) is 0 Å². The molecule has 0 fully saturated rings. The maximum absolute atomic E-state index is 11.3. The van der Waals surface area contributed by atoms with Gasteiger partial charge in [0.1, 0.15) is 5.75 Å². The molecule has 0 saturated carbocycles. The Bertz CT molecular complexity index is 416. The van der Waals surface area contributed by atoms with Crippen LogP contribution in [0.15, 0.2) is 22.7 Å². The molecule has 18 heavy (non-hydrogen) atoms. The summed E-state index contributed by atoms with van der Waals surface area (Å²) in [5.41, 5.74) is 0. The van der Waals surface area contributed by atoms with Crippen molar-refractivity contribution in [1.29, 1.82) is 0 Å². The van der Waals surface area contributed by atoms with E-state index in [-0.39, 0.29) is 19.1 Å². The maximum atomic E-state index is 11.3. The van der Waals surface area contributed by atoms with Crippen molar-refractivity contribution in [2.75, 3.05) is 19.8 Å². The molecule has 1 aromatic carbocycles. The smallest absolute Gasteiger partial charge is 0.258 e. The number of nitrogens with one attached hydrogen (secondary N) is 1. The maximum Gasteiger partial charge on any atom is 0.258 e. The summed E-state index contributed by atoms with van der Waals surface area (Å²) in [6.45, 7) is -0.595. The van der Waals surface area contributed by atoms with E-state index in [2.05, 4.69) is 21.2 Å². The molecule has 1 amide bonds. The van der Waals surface area contributed by atoms with Crippen LogP contribution < -0.4 is 10.1 Å². The summed E-state index contributed by atoms with van der Waals surface area (Å²) in [5.74, 6) is 0.113. The fourth-order valence-electron chi connectivity index (χ4n) is 1.08. The van der Waals surface area contributed by atoms with E-state index in [9.17, 15) is 4.79 Å². The van der Waals surface area contributed by atoms with Crippen molar-refractivity contribution in [3.05, 3.63) is 27.7 Å². The lowest BCUT2D eigenvalue weighted by molar-refractivity contribution is -0.123. The number of benzene rings is 1. The van der Waals surface area contributed by atoms with Crippen LogP contribution in [0.25, 0.3) is 0 Å². The zero-order valence-electron chi connectivity index (χ0n) is 9.40. The quantitative estimate of drug-likeness (QED) is 0.722. The SMILES string of the molecule is O=C(COc1ccc(Cl)cc1Br)NCC(O)CO. The van der Waals surface area contributed by atoms with E-state index < -0.39 is 12.7 Å². The first-order valence-corrected chi connectivity index (χ1v) is 6.33. The highest BCUT2D eigenvalue weighted by atomic mass is 79.9. The summed E-state index contributed by atoms with van der Waals surface area (Å²) in [5, 5.41) is 20.6. The van der Waals surface area contributed by atoms with Crippen LogP contribution in [0.5, 0.6) is 5.75 Å². The number of aliphatic hydroxyl groups excluding tert-OH is 2. The second-order valence-electron chi connectivity index (χ2n) is 3.50.